The minimum atomic E-state index is -3.86. The van der Waals surface area contributed by atoms with E-state index in [9.17, 15) is 18.0 Å². The molecular weight excluding hydrogens is 557 g/mol. The van der Waals surface area contributed by atoms with Gasteiger partial charge in [0.25, 0.3) is 0 Å². The van der Waals surface area contributed by atoms with E-state index >= 15 is 0 Å². The van der Waals surface area contributed by atoms with Gasteiger partial charge in [0, 0.05) is 35.1 Å². The number of amides is 2. The average molecular weight is 591 g/mol. The number of halogens is 2. The maximum atomic E-state index is 14.1. The highest BCUT2D eigenvalue weighted by atomic mass is 35.5. The number of aryl methyl sites for hydroxylation is 2. The van der Waals surface area contributed by atoms with Crippen LogP contribution in [0.3, 0.4) is 0 Å². The standard InChI is InChI=1S/C29H33Cl2N3O4S/c1-5-32-29(36)26(17-22-13-7-6-8-14-22)33(18-23-24(30)15-10-16-25(23)31)27(35)19-34(39(4,37)38)28-20(2)11-9-12-21(28)3/h6-16,26H,5,17-19H2,1-4H3,(H,32,36)/t26-/m0/s1. The third-order valence-electron chi connectivity index (χ3n) is 6.38. The number of carbonyl (C=O) groups excluding carboxylic acids is 2. The van der Waals surface area contributed by atoms with Crippen molar-refractivity contribution in [1.82, 2.24) is 10.2 Å². The maximum Gasteiger partial charge on any atom is 0.244 e. The van der Waals surface area contributed by atoms with E-state index in [1.54, 1.807) is 51.1 Å². The molecule has 39 heavy (non-hydrogen) atoms. The van der Waals surface area contributed by atoms with Crippen molar-refractivity contribution in [2.75, 3.05) is 23.7 Å². The van der Waals surface area contributed by atoms with Crippen LogP contribution in [0.2, 0.25) is 10.0 Å². The molecular formula is C29H33Cl2N3O4S. The average Bonchev–Trinajstić information content (AvgIpc) is 2.87. The van der Waals surface area contributed by atoms with Crippen LogP contribution in [0.25, 0.3) is 0 Å². The zero-order valence-corrected chi connectivity index (χ0v) is 24.8. The van der Waals surface area contributed by atoms with Gasteiger partial charge in [-0.25, -0.2) is 8.42 Å². The summed E-state index contributed by atoms with van der Waals surface area (Å²) in [5, 5.41) is 3.49. The fourth-order valence-corrected chi connectivity index (χ4v) is 5.96. The number of nitrogens with zero attached hydrogens (tertiary/aromatic N) is 2. The molecule has 0 unspecified atom stereocenters. The molecule has 208 valence electrons. The molecule has 0 spiro atoms. The van der Waals surface area contributed by atoms with Crippen LogP contribution in [-0.2, 0) is 32.6 Å². The van der Waals surface area contributed by atoms with Gasteiger partial charge in [-0.3, -0.25) is 13.9 Å². The summed E-state index contributed by atoms with van der Waals surface area (Å²) in [5.74, 6) is -0.929. The Balaban J connectivity index is 2.12. The van der Waals surface area contributed by atoms with Crippen LogP contribution < -0.4 is 9.62 Å². The Morgan fingerprint density at radius 3 is 2.00 bits per heavy atom. The summed E-state index contributed by atoms with van der Waals surface area (Å²) >= 11 is 12.9. The number of hydrogen-bond donors (Lipinski definition) is 1. The van der Waals surface area contributed by atoms with E-state index in [1.807, 2.05) is 36.4 Å². The van der Waals surface area contributed by atoms with Gasteiger partial charge in [0.15, 0.2) is 0 Å². The second-order valence-electron chi connectivity index (χ2n) is 9.33. The Kier molecular flexibility index (Phi) is 10.4. The van der Waals surface area contributed by atoms with Crippen molar-refractivity contribution in [2.45, 2.75) is 39.8 Å². The smallest absolute Gasteiger partial charge is 0.244 e. The molecule has 0 aromatic heterocycles. The van der Waals surface area contributed by atoms with Gasteiger partial charge >= 0.3 is 0 Å². The topological polar surface area (TPSA) is 86.8 Å². The van der Waals surface area contributed by atoms with Gasteiger partial charge in [0.2, 0.25) is 21.8 Å². The van der Waals surface area contributed by atoms with Crippen molar-refractivity contribution in [2.24, 2.45) is 0 Å². The number of sulfonamides is 1. The van der Waals surface area contributed by atoms with Gasteiger partial charge in [-0.1, -0.05) is 77.8 Å². The predicted octanol–water partition coefficient (Wildman–Crippen LogP) is 5.15. The van der Waals surface area contributed by atoms with Crippen molar-refractivity contribution in [3.05, 3.63) is 99.0 Å². The van der Waals surface area contributed by atoms with Crippen LogP contribution in [0.5, 0.6) is 0 Å². The van der Waals surface area contributed by atoms with Gasteiger partial charge in [-0.05, 0) is 49.6 Å². The predicted molar refractivity (Wildman–Crippen MR) is 158 cm³/mol. The van der Waals surface area contributed by atoms with E-state index in [2.05, 4.69) is 5.32 Å². The highest BCUT2D eigenvalue weighted by Crippen LogP contribution is 2.29. The maximum absolute atomic E-state index is 14.1. The molecule has 7 nitrogen and oxygen atoms in total. The van der Waals surface area contributed by atoms with Crippen LogP contribution in [0, 0.1) is 13.8 Å². The lowest BCUT2D eigenvalue weighted by molar-refractivity contribution is -0.140. The number of nitrogens with one attached hydrogen (secondary N) is 1. The summed E-state index contributed by atoms with van der Waals surface area (Å²) < 4.78 is 27.1. The number of benzene rings is 3. The Morgan fingerprint density at radius 1 is 0.897 bits per heavy atom. The van der Waals surface area contributed by atoms with Gasteiger partial charge in [0.05, 0.1) is 11.9 Å². The zero-order chi connectivity index (χ0) is 28.7. The van der Waals surface area contributed by atoms with E-state index < -0.39 is 28.5 Å². The third kappa shape index (κ3) is 7.75. The van der Waals surface area contributed by atoms with E-state index in [0.29, 0.717) is 39.0 Å². The summed E-state index contributed by atoms with van der Waals surface area (Å²) in [6, 6.07) is 18.8. The fourth-order valence-electron chi connectivity index (χ4n) is 4.47. The summed E-state index contributed by atoms with van der Waals surface area (Å²) in [6.45, 7) is 5.14. The molecule has 1 N–H and O–H groups in total. The molecule has 2 amide bonds. The Labute approximate surface area is 240 Å². The molecule has 0 saturated carbocycles. The van der Waals surface area contributed by atoms with Gasteiger partial charge in [-0.15, -0.1) is 0 Å². The first kappa shape index (κ1) is 30.5. The molecule has 10 heteroatoms. The van der Waals surface area contributed by atoms with Gasteiger partial charge in [-0.2, -0.15) is 0 Å². The lowest BCUT2D eigenvalue weighted by Crippen LogP contribution is -2.53. The monoisotopic (exact) mass is 589 g/mol. The summed E-state index contributed by atoms with van der Waals surface area (Å²) in [4.78, 5) is 28.9. The van der Waals surface area contributed by atoms with Crippen molar-refractivity contribution >= 4 is 50.7 Å². The van der Waals surface area contributed by atoms with E-state index in [0.717, 1.165) is 16.1 Å². The number of anilines is 1. The third-order valence-corrected chi connectivity index (χ3v) is 8.20. The normalized spacial score (nSPS) is 12.1. The summed E-state index contributed by atoms with van der Waals surface area (Å²) in [5.41, 5.74) is 3.15. The van der Waals surface area contributed by atoms with Crippen molar-refractivity contribution < 1.29 is 18.0 Å². The van der Waals surface area contributed by atoms with Crippen molar-refractivity contribution in [3.8, 4) is 0 Å². The fraction of sp³-hybridized carbons (Fsp3) is 0.310. The molecule has 0 saturated heterocycles. The lowest BCUT2D eigenvalue weighted by atomic mass is 10.0. The van der Waals surface area contributed by atoms with E-state index in [-0.39, 0.29) is 18.9 Å². The van der Waals surface area contributed by atoms with Crippen LogP contribution in [0.1, 0.15) is 29.2 Å². The van der Waals surface area contributed by atoms with Gasteiger partial charge < -0.3 is 10.2 Å². The van der Waals surface area contributed by atoms with Crippen molar-refractivity contribution in [3.63, 3.8) is 0 Å². The molecule has 0 aliphatic rings. The quantitative estimate of drug-likeness (QED) is 0.335. The van der Waals surface area contributed by atoms with Gasteiger partial charge in [0.1, 0.15) is 12.6 Å². The molecule has 3 aromatic rings. The Bertz CT molecular complexity index is 1390. The SMILES string of the molecule is CCNC(=O)[C@H](Cc1ccccc1)N(Cc1c(Cl)cccc1Cl)C(=O)CN(c1c(C)cccc1C)S(C)(=O)=O. The van der Waals surface area contributed by atoms with Crippen molar-refractivity contribution in [1.29, 1.82) is 0 Å². The number of likely N-dealkylation sites (N-methyl/N-ethyl adjacent to an activating group) is 1. The summed E-state index contributed by atoms with van der Waals surface area (Å²) in [7, 11) is -3.86. The molecule has 3 aromatic carbocycles. The molecule has 0 radical (unpaired) electrons. The first-order valence-corrected chi connectivity index (χ1v) is 15.1. The lowest BCUT2D eigenvalue weighted by Gasteiger charge is -2.34. The minimum Gasteiger partial charge on any atom is -0.355 e. The number of para-hydroxylation sites is 1. The van der Waals surface area contributed by atoms with Crippen LogP contribution >= 0.6 is 23.2 Å². The second-order valence-corrected chi connectivity index (χ2v) is 12.1. The van der Waals surface area contributed by atoms with Crippen LogP contribution in [0.15, 0.2) is 66.7 Å². The van der Waals surface area contributed by atoms with Crippen LogP contribution in [0.4, 0.5) is 5.69 Å². The molecule has 0 aliphatic carbocycles. The second kappa shape index (κ2) is 13.3. The molecule has 1 atom stereocenters. The van der Waals surface area contributed by atoms with Crippen LogP contribution in [-0.4, -0.2) is 50.5 Å². The Morgan fingerprint density at radius 2 is 1.46 bits per heavy atom. The number of hydrogen-bond acceptors (Lipinski definition) is 4. The van der Waals surface area contributed by atoms with E-state index in [1.165, 1.54) is 4.90 Å². The zero-order valence-electron chi connectivity index (χ0n) is 22.4. The molecule has 0 heterocycles. The molecule has 3 rings (SSSR count). The first-order chi connectivity index (χ1) is 18.4. The highest BCUT2D eigenvalue weighted by molar-refractivity contribution is 7.92. The summed E-state index contributed by atoms with van der Waals surface area (Å²) in [6.07, 6.45) is 1.27. The number of rotatable bonds is 11. The molecule has 0 aliphatic heterocycles. The first-order valence-electron chi connectivity index (χ1n) is 12.5. The minimum absolute atomic E-state index is 0.0870. The molecule has 0 bridgehead atoms. The van der Waals surface area contributed by atoms with E-state index in [4.69, 9.17) is 23.2 Å². The number of carbonyl (C=O) groups is 2. The highest BCUT2D eigenvalue weighted by Gasteiger charge is 2.34. The Hall–Kier alpha value is -3.07. The largest absolute Gasteiger partial charge is 0.355 e. The molecule has 0 fully saturated rings.